The first-order chi connectivity index (χ1) is 13.0. The van der Waals surface area contributed by atoms with Gasteiger partial charge in [0.25, 0.3) is 0 Å². The maximum Gasteiger partial charge on any atom is 0.387 e. The molecule has 1 heterocycles. The van der Waals surface area contributed by atoms with Crippen LogP contribution in [0.15, 0.2) is 48.5 Å². The van der Waals surface area contributed by atoms with Gasteiger partial charge < -0.3 is 15.0 Å². The fourth-order valence-electron chi connectivity index (χ4n) is 3.40. The molecule has 0 fully saturated rings. The van der Waals surface area contributed by atoms with Gasteiger partial charge in [-0.05, 0) is 55.5 Å². The van der Waals surface area contributed by atoms with E-state index in [0.29, 0.717) is 25.6 Å². The topological polar surface area (TPSA) is 41.6 Å². The predicted molar refractivity (Wildman–Crippen MR) is 101 cm³/mol. The lowest BCUT2D eigenvalue weighted by molar-refractivity contribution is -0.119. The zero-order chi connectivity index (χ0) is 19.2. The van der Waals surface area contributed by atoms with Gasteiger partial charge in [0.05, 0.1) is 6.54 Å². The number of ether oxygens (including phenoxy) is 1. The zero-order valence-corrected chi connectivity index (χ0v) is 15.3. The molecule has 0 bridgehead atoms. The van der Waals surface area contributed by atoms with Crippen molar-refractivity contribution in [2.75, 3.05) is 18.0 Å². The number of carbonyl (C=O) groups excluding carboxylic acids is 1. The minimum atomic E-state index is -2.82. The molecule has 0 aromatic heterocycles. The van der Waals surface area contributed by atoms with Gasteiger partial charge in [-0.1, -0.05) is 30.3 Å². The molecule has 4 nitrogen and oxygen atoms in total. The average molecular weight is 374 g/mol. The van der Waals surface area contributed by atoms with Crippen LogP contribution in [0.3, 0.4) is 0 Å². The Hall–Kier alpha value is -2.63. The zero-order valence-electron chi connectivity index (χ0n) is 15.3. The number of benzene rings is 2. The Bertz CT molecular complexity index is 765. The molecule has 6 heteroatoms. The van der Waals surface area contributed by atoms with Gasteiger partial charge in [-0.2, -0.15) is 8.78 Å². The largest absolute Gasteiger partial charge is 0.435 e. The Morgan fingerprint density at radius 2 is 1.96 bits per heavy atom. The molecule has 1 amide bonds. The van der Waals surface area contributed by atoms with E-state index in [4.69, 9.17) is 0 Å². The molecule has 2 aromatic carbocycles. The van der Waals surface area contributed by atoms with E-state index in [2.05, 4.69) is 34.0 Å². The Kier molecular flexibility index (Phi) is 6.27. The van der Waals surface area contributed by atoms with Crippen molar-refractivity contribution in [3.63, 3.8) is 0 Å². The average Bonchev–Trinajstić information content (AvgIpc) is 2.65. The number of aryl methyl sites for hydroxylation is 1. The van der Waals surface area contributed by atoms with Crippen LogP contribution in [0.1, 0.15) is 24.5 Å². The smallest absolute Gasteiger partial charge is 0.387 e. The maximum atomic E-state index is 12.4. The highest BCUT2D eigenvalue weighted by atomic mass is 19.3. The Balaban J connectivity index is 1.49. The first kappa shape index (κ1) is 19.1. The number of amides is 1. The number of hydrogen-bond acceptors (Lipinski definition) is 3. The fraction of sp³-hybridized carbons (Fsp3) is 0.381. The van der Waals surface area contributed by atoms with E-state index in [9.17, 15) is 13.6 Å². The molecule has 144 valence electrons. The number of para-hydroxylation sites is 1. The first-order valence-corrected chi connectivity index (χ1v) is 9.18. The second-order valence-electron chi connectivity index (χ2n) is 6.77. The Morgan fingerprint density at radius 3 is 2.70 bits per heavy atom. The Labute approximate surface area is 158 Å². The molecule has 1 N–H and O–H groups in total. The number of halogens is 2. The molecule has 1 unspecified atom stereocenters. The number of nitrogens with one attached hydrogen (secondary N) is 1. The highest BCUT2D eigenvalue weighted by Crippen LogP contribution is 2.29. The van der Waals surface area contributed by atoms with Crippen LogP contribution in [-0.2, 0) is 17.6 Å². The summed E-state index contributed by atoms with van der Waals surface area (Å²) in [5.74, 6) is 0.117. The Morgan fingerprint density at radius 1 is 1.22 bits per heavy atom. The van der Waals surface area contributed by atoms with Crippen molar-refractivity contribution in [1.82, 2.24) is 5.32 Å². The number of hydrogen-bond donors (Lipinski definition) is 1. The van der Waals surface area contributed by atoms with Crippen molar-refractivity contribution < 1.29 is 18.3 Å². The third kappa shape index (κ3) is 5.18. The molecule has 0 spiro atoms. The summed E-state index contributed by atoms with van der Waals surface area (Å²) in [6.07, 6.45) is 2.71. The van der Waals surface area contributed by atoms with Gasteiger partial charge >= 0.3 is 6.61 Å². The van der Waals surface area contributed by atoms with E-state index in [1.165, 1.54) is 17.7 Å². The number of rotatable bonds is 7. The van der Waals surface area contributed by atoms with Gasteiger partial charge in [0.2, 0.25) is 5.91 Å². The van der Waals surface area contributed by atoms with E-state index in [-0.39, 0.29) is 11.7 Å². The predicted octanol–water partition coefficient (Wildman–Crippen LogP) is 3.79. The molecule has 2 aromatic rings. The molecule has 0 saturated heterocycles. The number of anilines is 1. The van der Waals surface area contributed by atoms with Crippen LogP contribution in [-0.4, -0.2) is 31.7 Å². The lowest BCUT2D eigenvalue weighted by Crippen LogP contribution is -2.44. The second-order valence-corrected chi connectivity index (χ2v) is 6.77. The molecule has 1 atom stereocenters. The van der Waals surface area contributed by atoms with E-state index in [0.717, 1.165) is 24.1 Å². The quantitative estimate of drug-likeness (QED) is 0.802. The number of nitrogens with zero attached hydrogens (tertiary/aromatic N) is 1. The minimum absolute atomic E-state index is 0.0174. The van der Waals surface area contributed by atoms with Crippen LogP contribution in [0.4, 0.5) is 14.5 Å². The SMILES string of the molecule is CC1CCc2ccccc2N1CC(=O)NCCc1ccc(OC(F)F)cc1. The highest BCUT2D eigenvalue weighted by Gasteiger charge is 2.24. The monoisotopic (exact) mass is 374 g/mol. The number of carbonyl (C=O) groups is 1. The summed E-state index contributed by atoms with van der Waals surface area (Å²) >= 11 is 0. The number of alkyl halides is 2. The van der Waals surface area contributed by atoms with Gasteiger partial charge in [-0.15, -0.1) is 0 Å². The van der Waals surface area contributed by atoms with Crippen LogP contribution in [0.2, 0.25) is 0 Å². The molecular weight excluding hydrogens is 350 g/mol. The van der Waals surface area contributed by atoms with Crippen molar-refractivity contribution >= 4 is 11.6 Å². The summed E-state index contributed by atoms with van der Waals surface area (Å²) in [6.45, 7) is 0.154. The fourth-order valence-corrected chi connectivity index (χ4v) is 3.40. The summed E-state index contributed by atoms with van der Waals surface area (Å²) in [5, 5.41) is 2.94. The lowest BCUT2D eigenvalue weighted by Gasteiger charge is -2.36. The van der Waals surface area contributed by atoms with Gasteiger partial charge in [-0.25, -0.2) is 0 Å². The third-order valence-corrected chi connectivity index (χ3v) is 4.86. The summed E-state index contributed by atoms with van der Waals surface area (Å²) in [7, 11) is 0. The summed E-state index contributed by atoms with van der Waals surface area (Å²) in [6, 6.07) is 15.0. The molecule has 0 aliphatic carbocycles. The molecule has 27 heavy (non-hydrogen) atoms. The van der Waals surface area contributed by atoms with E-state index in [1.807, 2.05) is 12.1 Å². The van der Waals surface area contributed by atoms with E-state index >= 15 is 0 Å². The summed E-state index contributed by atoms with van der Waals surface area (Å²) < 4.78 is 28.6. The molecular formula is C21H24F2N2O2. The van der Waals surface area contributed by atoms with Crippen LogP contribution in [0.5, 0.6) is 5.75 Å². The van der Waals surface area contributed by atoms with E-state index < -0.39 is 6.61 Å². The van der Waals surface area contributed by atoms with Crippen LogP contribution >= 0.6 is 0 Å². The first-order valence-electron chi connectivity index (χ1n) is 9.18. The summed E-state index contributed by atoms with van der Waals surface area (Å²) in [5.41, 5.74) is 3.38. The van der Waals surface area contributed by atoms with Gasteiger partial charge in [0.1, 0.15) is 5.75 Å². The van der Waals surface area contributed by atoms with Crippen LogP contribution in [0, 0.1) is 0 Å². The van der Waals surface area contributed by atoms with E-state index in [1.54, 1.807) is 12.1 Å². The third-order valence-electron chi connectivity index (χ3n) is 4.86. The molecule has 3 rings (SSSR count). The van der Waals surface area contributed by atoms with Crippen LogP contribution in [0.25, 0.3) is 0 Å². The lowest BCUT2D eigenvalue weighted by atomic mass is 9.96. The molecule has 0 saturated carbocycles. The van der Waals surface area contributed by atoms with Crippen molar-refractivity contribution in [2.45, 2.75) is 38.8 Å². The number of fused-ring (bicyclic) bond motifs is 1. The van der Waals surface area contributed by atoms with Crippen molar-refractivity contribution in [1.29, 1.82) is 0 Å². The molecule has 0 radical (unpaired) electrons. The van der Waals surface area contributed by atoms with Crippen molar-refractivity contribution in [3.05, 3.63) is 59.7 Å². The van der Waals surface area contributed by atoms with Crippen molar-refractivity contribution in [3.8, 4) is 5.75 Å². The normalized spacial score (nSPS) is 16.1. The standard InChI is InChI=1S/C21H24F2N2O2/c1-15-6-9-17-4-2-3-5-19(17)25(15)14-20(26)24-13-12-16-7-10-18(11-8-16)27-21(22)23/h2-5,7-8,10-11,15,21H,6,9,12-14H2,1H3,(H,24,26). The highest BCUT2D eigenvalue weighted by molar-refractivity contribution is 5.82. The van der Waals surface area contributed by atoms with Crippen molar-refractivity contribution in [2.24, 2.45) is 0 Å². The summed E-state index contributed by atoms with van der Waals surface area (Å²) in [4.78, 5) is 14.5. The van der Waals surface area contributed by atoms with Gasteiger partial charge in [0, 0.05) is 18.3 Å². The molecule has 1 aliphatic heterocycles. The second kappa shape index (κ2) is 8.84. The maximum absolute atomic E-state index is 12.4. The minimum Gasteiger partial charge on any atom is -0.435 e. The van der Waals surface area contributed by atoms with Gasteiger partial charge in [-0.3, -0.25) is 4.79 Å². The van der Waals surface area contributed by atoms with Gasteiger partial charge in [0.15, 0.2) is 0 Å². The molecule has 1 aliphatic rings. The van der Waals surface area contributed by atoms with Crippen LogP contribution < -0.4 is 15.0 Å².